The summed E-state index contributed by atoms with van der Waals surface area (Å²) in [6, 6.07) is 13.9. The van der Waals surface area contributed by atoms with Gasteiger partial charge in [0.05, 0.1) is 11.5 Å². The van der Waals surface area contributed by atoms with Crippen molar-refractivity contribution in [1.82, 2.24) is 0 Å². The van der Waals surface area contributed by atoms with Crippen LogP contribution < -0.4 is 5.73 Å². The summed E-state index contributed by atoms with van der Waals surface area (Å²) in [5.41, 5.74) is 7.46. The number of nitrogens with two attached hydrogens (primary N) is 1. The second-order valence-electron chi connectivity index (χ2n) is 4.37. The van der Waals surface area contributed by atoms with E-state index in [1.54, 1.807) is 30.3 Å². The largest absolute Gasteiger partial charge is 0.399 e. The van der Waals surface area contributed by atoms with Crippen molar-refractivity contribution < 1.29 is 8.42 Å². The van der Waals surface area contributed by atoms with Crippen molar-refractivity contribution in [2.45, 2.75) is 11.5 Å². The highest BCUT2D eigenvalue weighted by atomic mass is 35.5. The lowest BCUT2D eigenvalue weighted by atomic mass is 10.2. The van der Waals surface area contributed by atoms with Crippen LogP contribution in [-0.2, 0) is 21.3 Å². The zero-order valence-corrected chi connectivity index (χ0v) is 11.8. The Hall–Kier alpha value is -1.52. The van der Waals surface area contributed by atoms with Crippen LogP contribution in [0.25, 0.3) is 0 Å². The van der Waals surface area contributed by atoms with E-state index in [1.807, 2.05) is 18.2 Å². The minimum Gasteiger partial charge on any atom is -0.399 e. The molecule has 2 aromatic rings. The summed E-state index contributed by atoms with van der Waals surface area (Å²) < 4.78 is 24.3. The number of sulfone groups is 1. The molecule has 19 heavy (non-hydrogen) atoms. The van der Waals surface area contributed by atoms with Gasteiger partial charge < -0.3 is 5.73 Å². The maximum Gasteiger partial charge on any atom is 0.158 e. The molecule has 0 amide bonds. The summed E-state index contributed by atoms with van der Waals surface area (Å²) in [4.78, 5) is 0. The SMILES string of the molecule is Nc1ccc(Cl)c(CS(=O)(=O)Cc2ccccc2)c1. The Morgan fingerprint density at radius 1 is 1.00 bits per heavy atom. The van der Waals surface area contributed by atoms with Gasteiger partial charge in [0.25, 0.3) is 0 Å². The number of hydrogen-bond donors (Lipinski definition) is 1. The van der Waals surface area contributed by atoms with Crippen molar-refractivity contribution >= 4 is 27.1 Å². The Morgan fingerprint density at radius 3 is 2.37 bits per heavy atom. The van der Waals surface area contributed by atoms with Crippen LogP contribution in [0.15, 0.2) is 48.5 Å². The van der Waals surface area contributed by atoms with Crippen LogP contribution >= 0.6 is 11.6 Å². The standard InChI is InChI=1S/C14H14ClNO2S/c15-14-7-6-13(16)8-12(14)10-19(17,18)9-11-4-2-1-3-5-11/h1-8H,9-10,16H2. The number of anilines is 1. The van der Waals surface area contributed by atoms with Gasteiger partial charge in [-0.05, 0) is 29.3 Å². The summed E-state index contributed by atoms with van der Waals surface area (Å²) in [5, 5.41) is 0.422. The Kier molecular flexibility index (Phi) is 4.12. The summed E-state index contributed by atoms with van der Waals surface area (Å²) >= 11 is 5.99. The van der Waals surface area contributed by atoms with Gasteiger partial charge in [-0.25, -0.2) is 8.42 Å². The molecule has 0 heterocycles. The Bertz CT molecular complexity index is 669. The summed E-state index contributed by atoms with van der Waals surface area (Å²) in [6.45, 7) is 0. The molecule has 0 spiro atoms. The van der Waals surface area contributed by atoms with E-state index in [0.29, 0.717) is 16.3 Å². The molecule has 2 rings (SSSR count). The van der Waals surface area contributed by atoms with Crippen LogP contribution in [-0.4, -0.2) is 8.42 Å². The molecule has 100 valence electrons. The third kappa shape index (κ3) is 3.98. The summed E-state index contributed by atoms with van der Waals surface area (Å²) in [6.07, 6.45) is 0. The monoisotopic (exact) mass is 295 g/mol. The van der Waals surface area contributed by atoms with Gasteiger partial charge in [0.15, 0.2) is 9.84 Å². The van der Waals surface area contributed by atoms with Gasteiger partial charge in [0.1, 0.15) is 0 Å². The first-order valence-corrected chi connectivity index (χ1v) is 7.94. The van der Waals surface area contributed by atoms with Crippen molar-refractivity contribution in [3.05, 3.63) is 64.7 Å². The Balaban J connectivity index is 2.20. The molecule has 0 aliphatic heterocycles. The number of rotatable bonds is 4. The highest BCUT2D eigenvalue weighted by molar-refractivity contribution is 7.89. The lowest BCUT2D eigenvalue weighted by Crippen LogP contribution is -2.08. The smallest absolute Gasteiger partial charge is 0.158 e. The maximum atomic E-state index is 12.1. The minimum absolute atomic E-state index is 0.00102. The summed E-state index contributed by atoms with van der Waals surface area (Å²) in [7, 11) is -3.27. The van der Waals surface area contributed by atoms with E-state index in [1.165, 1.54) is 0 Å². The third-order valence-corrected chi connectivity index (χ3v) is 4.57. The zero-order chi connectivity index (χ0) is 13.9. The number of benzene rings is 2. The normalized spacial score (nSPS) is 11.4. The highest BCUT2D eigenvalue weighted by Gasteiger charge is 2.15. The van der Waals surface area contributed by atoms with E-state index in [4.69, 9.17) is 17.3 Å². The van der Waals surface area contributed by atoms with Gasteiger partial charge in [0.2, 0.25) is 0 Å². The van der Waals surface area contributed by atoms with Crippen molar-refractivity contribution in [3.8, 4) is 0 Å². The molecule has 0 aromatic heterocycles. The van der Waals surface area contributed by atoms with Crippen molar-refractivity contribution in [1.29, 1.82) is 0 Å². The molecule has 0 aliphatic carbocycles. The molecule has 0 fully saturated rings. The first-order chi connectivity index (χ1) is 8.96. The second-order valence-corrected chi connectivity index (χ2v) is 6.84. The van der Waals surface area contributed by atoms with Crippen LogP contribution in [0.4, 0.5) is 5.69 Å². The van der Waals surface area contributed by atoms with Crippen molar-refractivity contribution in [3.63, 3.8) is 0 Å². The average molecular weight is 296 g/mol. The quantitative estimate of drug-likeness (QED) is 0.882. The van der Waals surface area contributed by atoms with E-state index >= 15 is 0 Å². The molecule has 2 aromatic carbocycles. The molecule has 0 bridgehead atoms. The van der Waals surface area contributed by atoms with Crippen LogP contribution in [0, 0.1) is 0 Å². The number of halogens is 1. The minimum atomic E-state index is -3.27. The lowest BCUT2D eigenvalue weighted by Gasteiger charge is -2.07. The van der Waals surface area contributed by atoms with E-state index < -0.39 is 9.84 Å². The number of hydrogen-bond acceptors (Lipinski definition) is 3. The fourth-order valence-electron chi connectivity index (χ4n) is 1.82. The van der Waals surface area contributed by atoms with Gasteiger partial charge in [0, 0.05) is 10.7 Å². The number of nitrogen functional groups attached to an aromatic ring is 1. The van der Waals surface area contributed by atoms with Gasteiger partial charge in [-0.15, -0.1) is 0 Å². The van der Waals surface area contributed by atoms with E-state index in [-0.39, 0.29) is 11.5 Å². The van der Waals surface area contributed by atoms with E-state index in [0.717, 1.165) is 5.56 Å². The molecular formula is C14H14ClNO2S. The summed E-state index contributed by atoms with van der Waals surface area (Å²) in [5.74, 6) is -0.106. The fraction of sp³-hybridized carbons (Fsp3) is 0.143. The van der Waals surface area contributed by atoms with Gasteiger partial charge in [-0.3, -0.25) is 0 Å². The van der Waals surface area contributed by atoms with Gasteiger partial charge >= 0.3 is 0 Å². The first kappa shape index (κ1) is 13.9. The molecule has 2 N–H and O–H groups in total. The van der Waals surface area contributed by atoms with Crippen LogP contribution in [0.3, 0.4) is 0 Å². The first-order valence-electron chi connectivity index (χ1n) is 5.74. The molecule has 5 heteroatoms. The molecule has 0 unspecified atom stereocenters. The zero-order valence-electron chi connectivity index (χ0n) is 10.2. The van der Waals surface area contributed by atoms with Gasteiger partial charge in [-0.2, -0.15) is 0 Å². The van der Waals surface area contributed by atoms with Crippen molar-refractivity contribution in [2.24, 2.45) is 0 Å². The predicted octanol–water partition coefficient (Wildman–Crippen LogP) is 3.04. The lowest BCUT2D eigenvalue weighted by molar-refractivity contribution is 0.594. The van der Waals surface area contributed by atoms with Gasteiger partial charge in [-0.1, -0.05) is 41.9 Å². The maximum absolute atomic E-state index is 12.1. The average Bonchev–Trinajstić information content (AvgIpc) is 2.34. The second kappa shape index (κ2) is 5.63. The Morgan fingerprint density at radius 2 is 1.68 bits per heavy atom. The molecule has 0 saturated carbocycles. The molecule has 0 aliphatic rings. The van der Waals surface area contributed by atoms with Crippen LogP contribution in [0.2, 0.25) is 5.02 Å². The molecule has 3 nitrogen and oxygen atoms in total. The molecule has 0 saturated heterocycles. The molecule has 0 radical (unpaired) electrons. The van der Waals surface area contributed by atoms with Crippen LogP contribution in [0.5, 0.6) is 0 Å². The fourth-order valence-corrected chi connectivity index (χ4v) is 3.60. The van der Waals surface area contributed by atoms with Crippen LogP contribution in [0.1, 0.15) is 11.1 Å². The van der Waals surface area contributed by atoms with E-state index in [2.05, 4.69) is 0 Å². The molecular weight excluding hydrogens is 282 g/mol. The predicted molar refractivity (Wildman–Crippen MR) is 78.6 cm³/mol. The Labute approximate surface area is 117 Å². The highest BCUT2D eigenvalue weighted by Crippen LogP contribution is 2.22. The molecule has 0 atom stereocenters. The topological polar surface area (TPSA) is 60.2 Å². The van der Waals surface area contributed by atoms with E-state index in [9.17, 15) is 8.42 Å². The van der Waals surface area contributed by atoms with Crippen molar-refractivity contribution in [2.75, 3.05) is 5.73 Å². The third-order valence-electron chi connectivity index (χ3n) is 2.67.